The van der Waals surface area contributed by atoms with Crippen LogP contribution in [0.15, 0.2) is 12.4 Å². The van der Waals surface area contributed by atoms with Crippen molar-refractivity contribution in [3.8, 4) is 5.13 Å². The summed E-state index contributed by atoms with van der Waals surface area (Å²) in [5, 5.41) is 8.93. The number of rotatable bonds is 2. The van der Waals surface area contributed by atoms with Gasteiger partial charge in [0.1, 0.15) is 5.82 Å². The third-order valence-electron chi connectivity index (χ3n) is 2.10. The molecule has 0 aromatic carbocycles. The van der Waals surface area contributed by atoms with Gasteiger partial charge in [-0.05, 0) is 6.92 Å². The fourth-order valence-corrected chi connectivity index (χ4v) is 1.98. The number of halogens is 3. The van der Waals surface area contributed by atoms with E-state index in [2.05, 4.69) is 9.36 Å². The van der Waals surface area contributed by atoms with Crippen LogP contribution in [0.4, 0.5) is 13.2 Å². The Bertz CT molecular complexity index is 602. The Labute approximate surface area is 103 Å². The predicted molar refractivity (Wildman–Crippen MR) is 55.9 cm³/mol. The van der Waals surface area contributed by atoms with Gasteiger partial charge in [0.2, 0.25) is 5.13 Å². The average molecular weight is 277 g/mol. The van der Waals surface area contributed by atoms with Gasteiger partial charge in [-0.3, -0.25) is 4.57 Å². The van der Waals surface area contributed by atoms with Gasteiger partial charge in [-0.2, -0.15) is 17.5 Å². The summed E-state index contributed by atoms with van der Waals surface area (Å²) in [5.41, 5.74) is -2.02. The number of aromatic carboxylic acids is 1. The lowest BCUT2D eigenvalue weighted by Gasteiger charge is -2.03. The van der Waals surface area contributed by atoms with Crippen molar-refractivity contribution in [1.82, 2.24) is 13.9 Å². The van der Waals surface area contributed by atoms with Gasteiger partial charge in [0.05, 0.1) is 11.1 Å². The first kappa shape index (κ1) is 12.6. The van der Waals surface area contributed by atoms with Crippen LogP contribution in [0.5, 0.6) is 0 Å². The van der Waals surface area contributed by atoms with E-state index in [0.717, 1.165) is 22.3 Å². The van der Waals surface area contributed by atoms with Crippen LogP contribution >= 0.6 is 11.5 Å². The highest BCUT2D eigenvalue weighted by Gasteiger charge is 2.37. The molecule has 0 saturated carbocycles. The third-order valence-corrected chi connectivity index (χ3v) is 2.92. The molecule has 0 saturated heterocycles. The molecule has 0 aliphatic carbocycles. The topological polar surface area (TPSA) is 68.0 Å². The molecule has 5 nitrogen and oxygen atoms in total. The van der Waals surface area contributed by atoms with Gasteiger partial charge in [-0.25, -0.2) is 9.78 Å². The van der Waals surface area contributed by atoms with Crippen molar-refractivity contribution in [3.05, 3.63) is 29.3 Å². The molecular formula is C9H6F3N3O2S. The lowest BCUT2D eigenvalue weighted by Crippen LogP contribution is -2.09. The second kappa shape index (κ2) is 4.09. The quantitative estimate of drug-likeness (QED) is 0.915. The molecule has 9 heteroatoms. The maximum atomic E-state index is 12.6. The molecule has 0 atom stereocenters. The van der Waals surface area contributed by atoms with Crippen LogP contribution in [0.2, 0.25) is 0 Å². The van der Waals surface area contributed by atoms with Crippen molar-refractivity contribution in [2.24, 2.45) is 0 Å². The van der Waals surface area contributed by atoms with Crippen molar-refractivity contribution in [1.29, 1.82) is 0 Å². The molecular weight excluding hydrogens is 271 g/mol. The van der Waals surface area contributed by atoms with Crippen molar-refractivity contribution in [3.63, 3.8) is 0 Å². The number of carboxylic acid groups (broad SMARTS) is 1. The van der Waals surface area contributed by atoms with E-state index in [-0.39, 0.29) is 5.13 Å². The van der Waals surface area contributed by atoms with Gasteiger partial charge in [-0.1, -0.05) is 0 Å². The third kappa shape index (κ3) is 2.21. The minimum absolute atomic E-state index is 0.186. The smallest absolute Gasteiger partial charge is 0.418 e. The molecule has 1 N–H and O–H groups in total. The standard InChI is InChI=1S/C9H6F3N3O2S/c1-4-13-8(18-14-4)15-2-5(7(16)17)6(3-15)9(10,11)12/h2-3H,1H3,(H,16,17). The van der Waals surface area contributed by atoms with E-state index < -0.39 is 23.3 Å². The Hall–Kier alpha value is -1.90. The number of carboxylic acids is 1. The number of hydrogen-bond acceptors (Lipinski definition) is 4. The van der Waals surface area contributed by atoms with E-state index in [1.807, 2.05) is 0 Å². The summed E-state index contributed by atoms with van der Waals surface area (Å²) in [7, 11) is 0. The number of alkyl halides is 3. The Morgan fingerprint density at radius 3 is 2.50 bits per heavy atom. The monoisotopic (exact) mass is 277 g/mol. The summed E-state index contributed by atoms with van der Waals surface area (Å²) >= 11 is 0.889. The van der Waals surface area contributed by atoms with Gasteiger partial charge >= 0.3 is 12.1 Å². The number of hydrogen-bond donors (Lipinski definition) is 1. The molecule has 0 aliphatic rings. The molecule has 2 aromatic rings. The van der Waals surface area contributed by atoms with Crippen LogP contribution in [-0.2, 0) is 6.18 Å². The first-order valence-corrected chi connectivity index (χ1v) is 5.39. The van der Waals surface area contributed by atoms with Gasteiger partial charge in [0.25, 0.3) is 0 Å². The molecule has 18 heavy (non-hydrogen) atoms. The number of aromatic nitrogens is 3. The van der Waals surface area contributed by atoms with Crippen molar-refractivity contribution >= 4 is 17.5 Å². The lowest BCUT2D eigenvalue weighted by atomic mass is 10.2. The largest absolute Gasteiger partial charge is 0.478 e. The van der Waals surface area contributed by atoms with Crippen LogP contribution in [-0.4, -0.2) is 25.0 Å². The van der Waals surface area contributed by atoms with Crippen molar-refractivity contribution < 1.29 is 23.1 Å². The Morgan fingerprint density at radius 2 is 2.11 bits per heavy atom. The van der Waals surface area contributed by atoms with Gasteiger partial charge < -0.3 is 5.11 Å². The van der Waals surface area contributed by atoms with E-state index in [9.17, 15) is 18.0 Å². The van der Waals surface area contributed by atoms with Gasteiger partial charge in [0, 0.05) is 23.9 Å². The van der Waals surface area contributed by atoms with Gasteiger partial charge in [0.15, 0.2) is 0 Å². The zero-order chi connectivity index (χ0) is 13.5. The van der Waals surface area contributed by atoms with E-state index in [4.69, 9.17) is 5.11 Å². The molecule has 2 rings (SSSR count). The van der Waals surface area contributed by atoms with E-state index in [1.54, 1.807) is 6.92 Å². The normalized spacial score (nSPS) is 11.8. The number of aryl methyl sites for hydroxylation is 1. The Kier molecular flexibility index (Phi) is 2.85. The first-order chi connectivity index (χ1) is 8.29. The van der Waals surface area contributed by atoms with Crippen LogP contribution in [0.25, 0.3) is 5.13 Å². The van der Waals surface area contributed by atoms with Crippen LogP contribution in [0, 0.1) is 6.92 Å². The van der Waals surface area contributed by atoms with Gasteiger partial charge in [-0.15, -0.1) is 0 Å². The molecule has 0 aliphatic heterocycles. The minimum Gasteiger partial charge on any atom is -0.478 e. The van der Waals surface area contributed by atoms with Crippen molar-refractivity contribution in [2.45, 2.75) is 13.1 Å². The maximum absolute atomic E-state index is 12.6. The molecule has 0 radical (unpaired) electrons. The molecule has 2 aromatic heterocycles. The first-order valence-electron chi connectivity index (χ1n) is 4.62. The predicted octanol–water partition coefficient (Wildman–Crippen LogP) is 2.35. The maximum Gasteiger partial charge on any atom is 0.418 e. The fraction of sp³-hybridized carbons (Fsp3) is 0.222. The fourth-order valence-electron chi connectivity index (χ4n) is 1.35. The number of nitrogens with zero attached hydrogens (tertiary/aromatic N) is 3. The number of carbonyl (C=O) groups is 1. The highest BCUT2D eigenvalue weighted by atomic mass is 32.1. The molecule has 0 unspecified atom stereocenters. The molecule has 96 valence electrons. The highest BCUT2D eigenvalue weighted by molar-refractivity contribution is 7.08. The summed E-state index contributed by atoms with van der Waals surface area (Å²) in [6.07, 6.45) is -3.15. The van der Waals surface area contributed by atoms with Crippen LogP contribution in [0.3, 0.4) is 0 Å². The average Bonchev–Trinajstić information content (AvgIpc) is 2.81. The summed E-state index contributed by atoms with van der Waals surface area (Å²) < 4.78 is 42.7. The minimum atomic E-state index is -4.72. The summed E-state index contributed by atoms with van der Waals surface area (Å²) in [6, 6.07) is 0. The zero-order valence-electron chi connectivity index (χ0n) is 8.89. The molecule has 2 heterocycles. The second-order valence-corrected chi connectivity index (χ2v) is 4.15. The summed E-state index contributed by atoms with van der Waals surface area (Å²) in [5.74, 6) is -1.23. The van der Waals surface area contributed by atoms with E-state index in [1.165, 1.54) is 0 Å². The van der Waals surface area contributed by atoms with Crippen LogP contribution < -0.4 is 0 Å². The second-order valence-electron chi connectivity index (χ2n) is 3.42. The van der Waals surface area contributed by atoms with Crippen LogP contribution in [0.1, 0.15) is 21.7 Å². The summed E-state index contributed by atoms with van der Waals surface area (Å²) in [4.78, 5) is 14.7. The van der Waals surface area contributed by atoms with Crippen molar-refractivity contribution in [2.75, 3.05) is 0 Å². The highest BCUT2D eigenvalue weighted by Crippen LogP contribution is 2.33. The Morgan fingerprint density at radius 1 is 1.44 bits per heavy atom. The SMILES string of the molecule is Cc1nsc(-n2cc(C(=O)O)c(C(F)(F)F)c2)n1. The molecule has 0 fully saturated rings. The molecule has 0 bridgehead atoms. The Balaban J connectivity index is 2.56. The summed E-state index contributed by atoms with van der Waals surface area (Å²) in [6.45, 7) is 1.59. The molecule has 0 amide bonds. The zero-order valence-corrected chi connectivity index (χ0v) is 9.71. The van der Waals surface area contributed by atoms with E-state index in [0.29, 0.717) is 12.0 Å². The molecule has 0 spiro atoms. The van der Waals surface area contributed by atoms with E-state index >= 15 is 0 Å². The lowest BCUT2D eigenvalue weighted by molar-refractivity contribution is -0.138.